The van der Waals surface area contributed by atoms with Crippen molar-refractivity contribution in [2.24, 2.45) is 0 Å². The fourth-order valence-electron chi connectivity index (χ4n) is 0.517. The lowest BCUT2D eigenvalue weighted by molar-refractivity contribution is 1.62. The third-order valence-electron chi connectivity index (χ3n) is 1.03. The van der Waals surface area contributed by atoms with Crippen molar-refractivity contribution in [1.82, 2.24) is 0 Å². The molecule has 1 rings (SSSR count). The van der Waals surface area contributed by atoms with Crippen LogP contribution in [0.3, 0.4) is 0 Å². The van der Waals surface area contributed by atoms with Crippen LogP contribution in [0.5, 0.6) is 0 Å². The van der Waals surface area contributed by atoms with E-state index in [1.165, 1.54) is 10.4 Å². The van der Waals surface area contributed by atoms with Crippen LogP contribution in [0.25, 0.3) is 0 Å². The number of thiocarbonyl (C=S) groups is 1. The predicted octanol–water partition coefficient (Wildman–Crippen LogP) is 2.40. The smallest absolute Gasteiger partial charge is 0.00971 e. The van der Waals surface area contributed by atoms with Crippen LogP contribution in [0, 0.1) is 6.92 Å². The van der Waals surface area contributed by atoms with Gasteiger partial charge in [-0.15, -0.1) is 11.3 Å². The molecule has 0 aliphatic rings. The molecule has 2 heteroatoms. The quantitative estimate of drug-likeness (QED) is 0.543. The monoisotopic (exact) mass is 142 g/mol. The van der Waals surface area contributed by atoms with Gasteiger partial charge in [0.2, 0.25) is 0 Å². The van der Waals surface area contributed by atoms with Crippen molar-refractivity contribution in [2.75, 3.05) is 0 Å². The maximum atomic E-state index is 4.74. The second kappa shape index (κ2) is 2.37. The highest BCUT2D eigenvalue weighted by Gasteiger charge is 1.90. The maximum Gasteiger partial charge on any atom is 0.00971 e. The largest absolute Gasteiger partial charge is 0.149 e. The minimum atomic E-state index is 1.19. The van der Waals surface area contributed by atoms with Crippen LogP contribution < -0.4 is 0 Å². The molecule has 0 amide bonds. The Morgan fingerprint density at radius 1 is 1.75 bits per heavy atom. The van der Waals surface area contributed by atoms with E-state index in [-0.39, 0.29) is 0 Å². The van der Waals surface area contributed by atoms with Gasteiger partial charge in [-0.2, -0.15) is 0 Å². The molecule has 0 aliphatic heterocycles. The summed E-state index contributed by atoms with van der Waals surface area (Å²) in [5.41, 5.74) is 1.19. The molecule has 0 bridgehead atoms. The molecule has 0 unspecified atom stereocenters. The molecule has 0 fully saturated rings. The van der Waals surface area contributed by atoms with E-state index in [1.807, 2.05) is 11.4 Å². The zero-order valence-electron chi connectivity index (χ0n) is 4.55. The molecule has 8 heavy (non-hydrogen) atoms. The molecule has 42 valence electrons. The highest BCUT2D eigenvalue weighted by Crippen LogP contribution is 2.11. The zero-order valence-corrected chi connectivity index (χ0v) is 6.18. The number of thiophene rings is 1. The number of hydrogen-bond acceptors (Lipinski definition) is 2. The summed E-state index contributed by atoms with van der Waals surface area (Å²) in [5.74, 6) is 0. The van der Waals surface area contributed by atoms with E-state index in [2.05, 4.69) is 6.92 Å². The van der Waals surface area contributed by atoms with Gasteiger partial charge in [0.15, 0.2) is 0 Å². The Kier molecular flexibility index (Phi) is 1.76. The lowest BCUT2D eigenvalue weighted by atomic mass is 10.3. The van der Waals surface area contributed by atoms with Crippen LogP contribution in [0.2, 0.25) is 0 Å². The van der Waals surface area contributed by atoms with Crippen molar-refractivity contribution in [3.05, 3.63) is 21.9 Å². The number of hydrogen-bond donors (Lipinski definition) is 0. The summed E-state index contributed by atoms with van der Waals surface area (Å²) >= 11 is 6.47. The summed E-state index contributed by atoms with van der Waals surface area (Å²) in [7, 11) is 0. The van der Waals surface area contributed by atoms with Gasteiger partial charge >= 0.3 is 0 Å². The summed E-state index contributed by atoms with van der Waals surface area (Å²) in [4.78, 5) is 1.31. The van der Waals surface area contributed by atoms with Gasteiger partial charge in [-0.1, -0.05) is 12.2 Å². The van der Waals surface area contributed by atoms with Crippen LogP contribution in [0.15, 0.2) is 11.4 Å². The standard InChI is InChI=1S/C6H6S2/c1-5-6(4-7)2-3-8-5/h2-4H,1H3. The summed E-state index contributed by atoms with van der Waals surface area (Å²) in [6.07, 6.45) is 0. The first-order chi connectivity index (χ1) is 3.84. The molecule has 0 N–H and O–H groups in total. The molecular formula is C6H6S2. The van der Waals surface area contributed by atoms with E-state index < -0.39 is 0 Å². The van der Waals surface area contributed by atoms with Crippen molar-refractivity contribution in [3.63, 3.8) is 0 Å². The second-order valence-electron chi connectivity index (χ2n) is 1.55. The summed E-state index contributed by atoms with van der Waals surface area (Å²) in [6, 6.07) is 2.03. The molecule has 0 atom stereocenters. The molecule has 0 spiro atoms. The lowest BCUT2D eigenvalue weighted by Gasteiger charge is -1.81. The summed E-state index contributed by atoms with van der Waals surface area (Å²) in [5, 5.41) is 3.76. The third kappa shape index (κ3) is 0.956. The predicted molar refractivity (Wildman–Crippen MR) is 41.8 cm³/mol. The second-order valence-corrected chi connectivity index (χ2v) is 2.91. The normalized spacial score (nSPS) is 9.12. The van der Waals surface area contributed by atoms with E-state index >= 15 is 0 Å². The Morgan fingerprint density at radius 3 is 2.75 bits per heavy atom. The molecule has 0 radical (unpaired) electrons. The Bertz CT molecular complexity index is 188. The average Bonchev–Trinajstić information content (AvgIpc) is 2.14. The molecule has 0 aliphatic carbocycles. The molecule has 1 aromatic heterocycles. The number of aryl methyl sites for hydroxylation is 1. The molecular weight excluding hydrogens is 136 g/mol. The van der Waals surface area contributed by atoms with E-state index in [9.17, 15) is 0 Å². The van der Waals surface area contributed by atoms with Crippen molar-refractivity contribution in [3.8, 4) is 0 Å². The van der Waals surface area contributed by atoms with Gasteiger partial charge in [-0.05, 0) is 23.9 Å². The third-order valence-corrected chi connectivity index (χ3v) is 2.14. The topological polar surface area (TPSA) is 0 Å². The Balaban J connectivity index is 3.09. The minimum Gasteiger partial charge on any atom is -0.149 e. The van der Waals surface area contributed by atoms with E-state index in [0.29, 0.717) is 0 Å². The van der Waals surface area contributed by atoms with Gasteiger partial charge in [-0.3, -0.25) is 0 Å². The fourth-order valence-corrected chi connectivity index (χ4v) is 1.53. The minimum absolute atomic E-state index is 1.19. The van der Waals surface area contributed by atoms with E-state index in [1.54, 1.807) is 16.7 Å². The van der Waals surface area contributed by atoms with Gasteiger partial charge in [0.05, 0.1) is 0 Å². The van der Waals surface area contributed by atoms with Crippen molar-refractivity contribution in [2.45, 2.75) is 6.92 Å². The highest BCUT2D eigenvalue weighted by atomic mass is 32.1. The van der Waals surface area contributed by atoms with Crippen LogP contribution >= 0.6 is 23.6 Å². The molecule has 1 heterocycles. The van der Waals surface area contributed by atoms with Gasteiger partial charge < -0.3 is 0 Å². The van der Waals surface area contributed by atoms with E-state index in [4.69, 9.17) is 12.2 Å². The molecule has 0 saturated heterocycles. The van der Waals surface area contributed by atoms with Gasteiger partial charge in [0.25, 0.3) is 0 Å². The van der Waals surface area contributed by atoms with Gasteiger partial charge in [-0.25, -0.2) is 0 Å². The molecule has 1 aromatic rings. The zero-order chi connectivity index (χ0) is 5.98. The Labute approximate surface area is 58.2 Å². The summed E-state index contributed by atoms with van der Waals surface area (Å²) in [6.45, 7) is 2.07. The lowest BCUT2D eigenvalue weighted by Crippen LogP contribution is -1.71. The summed E-state index contributed by atoms with van der Waals surface area (Å²) < 4.78 is 0. The Hall–Kier alpha value is -0.210. The fraction of sp³-hybridized carbons (Fsp3) is 0.167. The first kappa shape index (κ1) is 5.92. The van der Waals surface area contributed by atoms with E-state index in [0.717, 1.165) is 0 Å². The van der Waals surface area contributed by atoms with Crippen LogP contribution in [0.1, 0.15) is 10.4 Å². The van der Waals surface area contributed by atoms with Crippen LogP contribution in [0.4, 0.5) is 0 Å². The number of rotatable bonds is 1. The van der Waals surface area contributed by atoms with Crippen LogP contribution in [-0.2, 0) is 0 Å². The highest BCUT2D eigenvalue weighted by molar-refractivity contribution is 7.79. The van der Waals surface area contributed by atoms with Crippen molar-refractivity contribution >= 4 is 28.9 Å². The molecule has 0 nitrogen and oxygen atoms in total. The van der Waals surface area contributed by atoms with Gasteiger partial charge in [0.1, 0.15) is 0 Å². The van der Waals surface area contributed by atoms with Gasteiger partial charge in [0, 0.05) is 10.2 Å². The SMILES string of the molecule is Cc1sccc1C=S. The maximum absolute atomic E-state index is 4.74. The Morgan fingerprint density at radius 2 is 2.50 bits per heavy atom. The molecule has 0 aromatic carbocycles. The van der Waals surface area contributed by atoms with Crippen molar-refractivity contribution in [1.29, 1.82) is 0 Å². The van der Waals surface area contributed by atoms with Crippen LogP contribution in [-0.4, -0.2) is 5.37 Å². The first-order valence-corrected chi connectivity index (χ1v) is 3.69. The molecule has 0 saturated carbocycles. The first-order valence-electron chi connectivity index (χ1n) is 2.34. The average molecular weight is 142 g/mol. The van der Waals surface area contributed by atoms with Crippen molar-refractivity contribution < 1.29 is 0 Å².